The van der Waals surface area contributed by atoms with E-state index in [2.05, 4.69) is 0 Å². The van der Waals surface area contributed by atoms with Crippen molar-refractivity contribution in [2.24, 2.45) is 0 Å². The fraction of sp³-hybridized carbons (Fsp3) is 0.462. The molecule has 0 heterocycles. The van der Waals surface area contributed by atoms with Gasteiger partial charge in [-0.3, -0.25) is 14.9 Å². The molecular weight excluding hydrogens is 264 g/mol. The Morgan fingerprint density at radius 2 is 2.20 bits per heavy atom. The van der Waals surface area contributed by atoms with Crippen molar-refractivity contribution >= 4 is 11.6 Å². The van der Waals surface area contributed by atoms with Crippen LogP contribution in [0.15, 0.2) is 18.2 Å². The van der Waals surface area contributed by atoms with Crippen molar-refractivity contribution in [2.45, 2.75) is 13.0 Å². The van der Waals surface area contributed by atoms with E-state index in [1.165, 1.54) is 44.2 Å². The number of amides is 1. The molecular formula is C13H18N2O5. The average molecular weight is 282 g/mol. The second-order valence-electron chi connectivity index (χ2n) is 4.50. The van der Waals surface area contributed by atoms with E-state index < -0.39 is 11.0 Å². The topological polar surface area (TPSA) is 92.9 Å². The van der Waals surface area contributed by atoms with Crippen LogP contribution in [0.3, 0.4) is 0 Å². The van der Waals surface area contributed by atoms with E-state index in [1.54, 1.807) is 0 Å². The first-order chi connectivity index (χ1) is 9.38. The number of nitro benzene ring substituents is 1. The molecule has 7 nitrogen and oxygen atoms in total. The molecule has 1 aromatic rings. The van der Waals surface area contributed by atoms with E-state index >= 15 is 0 Å². The minimum absolute atomic E-state index is 0.0921. The molecule has 20 heavy (non-hydrogen) atoms. The number of likely N-dealkylation sites (N-methyl/N-ethyl adjacent to an activating group) is 1. The fourth-order valence-corrected chi connectivity index (χ4v) is 1.90. The molecule has 0 bridgehead atoms. The minimum atomic E-state index is -0.798. The van der Waals surface area contributed by atoms with Crippen LogP contribution in [0, 0.1) is 17.0 Å². The Morgan fingerprint density at radius 1 is 1.55 bits per heavy atom. The number of methoxy groups -OCH3 is 1. The lowest BCUT2D eigenvalue weighted by Gasteiger charge is -2.21. The zero-order valence-corrected chi connectivity index (χ0v) is 11.7. The first kappa shape index (κ1) is 16.1. The summed E-state index contributed by atoms with van der Waals surface area (Å²) >= 11 is 0. The number of aliphatic hydroxyl groups is 1. The SMILES string of the molecule is COCC(O)CN(C)C(=O)c1cccc([N+](=O)[O-])c1C. The van der Waals surface area contributed by atoms with Gasteiger partial charge < -0.3 is 14.7 Å². The smallest absolute Gasteiger partial charge is 0.273 e. The molecule has 7 heteroatoms. The Kier molecular flexibility index (Phi) is 5.60. The van der Waals surface area contributed by atoms with E-state index in [9.17, 15) is 20.0 Å². The molecule has 1 N–H and O–H groups in total. The largest absolute Gasteiger partial charge is 0.389 e. The van der Waals surface area contributed by atoms with E-state index in [4.69, 9.17) is 4.74 Å². The van der Waals surface area contributed by atoms with Crippen molar-refractivity contribution in [3.63, 3.8) is 0 Å². The number of ether oxygens (including phenoxy) is 1. The monoisotopic (exact) mass is 282 g/mol. The molecule has 1 aromatic carbocycles. The highest BCUT2D eigenvalue weighted by atomic mass is 16.6. The molecule has 0 aromatic heterocycles. The van der Waals surface area contributed by atoms with E-state index in [1.807, 2.05) is 0 Å². The lowest BCUT2D eigenvalue weighted by atomic mass is 10.1. The molecule has 0 spiro atoms. The van der Waals surface area contributed by atoms with Gasteiger partial charge in [0.25, 0.3) is 11.6 Å². The number of carbonyl (C=O) groups excluding carboxylic acids is 1. The Balaban J connectivity index is 2.92. The Hall–Kier alpha value is -1.99. The Morgan fingerprint density at radius 3 is 2.75 bits per heavy atom. The van der Waals surface area contributed by atoms with Crippen LogP contribution in [-0.4, -0.2) is 54.3 Å². The van der Waals surface area contributed by atoms with Crippen LogP contribution in [0.4, 0.5) is 5.69 Å². The summed E-state index contributed by atoms with van der Waals surface area (Å²) in [4.78, 5) is 23.9. The van der Waals surface area contributed by atoms with Crippen LogP contribution in [0.5, 0.6) is 0 Å². The summed E-state index contributed by atoms with van der Waals surface area (Å²) in [7, 11) is 2.98. The average Bonchev–Trinajstić information content (AvgIpc) is 2.38. The van der Waals surface area contributed by atoms with Gasteiger partial charge in [0, 0.05) is 37.9 Å². The van der Waals surface area contributed by atoms with Crippen LogP contribution in [0.1, 0.15) is 15.9 Å². The summed E-state index contributed by atoms with van der Waals surface area (Å²) in [5.41, 5.74) is 0.476. The molecule has 0 fully saturated rings. The van der Waals surface area contributed by atoms with Gasteiger partial charge in [0.05, 0.1) is 17.6 Å². The summed E-state index contributed by atoms with van der Waals surface area (Å²) < 4.78 is 4.79. The molecule has 0 aliphatic rings. The standard InChI is InChI=1S/C13H18N2O5/c1-9-11(5-4-6-12(9)15(18)19)13(17)14(2)7-10(16)8-20-3/h4-6,10,16H,7-8H2,1-3H3. The summed E-state index contributed by atoms with van der Waals surface area (Å²) in [6, 6.07) is 4.35. The highest BCUT2D eigenvalue weighted by Crippen LogP contribution is 2.22. The number of carbonyl (C=O) groups is 1. The van der Waals surface area contributed by atoms with E-state index in [0.29, 0.717) is 5.56 Å². The molecule has 1 atom stereocenters. The number of hydrogen-bond donors (Lipinski definition) is 1. The molecule has 1 rings (SSSR count). The van der Waals surface area contributed by atoms with Crippen molar-refractivity contribution in [1.29, 1.82) is 0 Å². The first-order valence-corrected chi connectivity index (χ1v) is 6.05. The van der Waals surface area contributed by atoms with Crippen molar-refractivity contribution in [1.82, 2.24) is 4.90 Å². The zero-order chi connectivity index (χ0) is 15.3. The minimum Gasteiger partial charge on any atom is -0.389 e. The quantitative estimate of drug-likeness (QED) is 0.620. The van der Waals surface area contributed by atoms with Crippen LogP contribution in [0.25, 0.3) is 0 Å². The van der Waals surface area contributed by atoms with Gasteiger partial charge in [-0.05, 0) is 13.0 Å². The predicted molar refractivity (Wildman–Crippen MR) is 72.7 cm³/mol. The van der Waals surface area contributed by atoms with Gasteiger partial charge in [0.15, 0.2) is 0 Å². The first-order valence-electron chi connectivity index (χ1n) is 6.05. The third kappa shape index (κ3) is 3.75. The highest BCUT2D eigenvalue weighted by Gasteiger charge is 2.21. The lowest BCUT2D eigenvalue weighted by molar-refractivity contribution is -0.385. The maximum Gasteiger partial charge on any atom is 0.273 e. The molecule has 0 radical (unpaired) electrons. The van der Waals surface area contributed by atoms with Gasteiger partial charge in [-0.15, -0.1) is 0 Å². The summed E-state index contributed by atoms with van der Waals surface area (Å²) in [6.45, 7) is 1.74. The van der Waals surface area contributed by atoms with Crippen molar-refractivity contribution in [2.75, 3.05) is 27.3 Å². The van der Waals surface area contributed by atoms with Gasteiger partial charge in [-0.2, -0.15) is 0 Å². The van der Waals surface area contributed by atoms with Gasteiger partial charge in [-0.1, -0.05) is 6.07 Å². The van der Waals surface area contributed by atoms with E-state index in [0.717, 1.165) is 0 Å². The van der Waals surface area contributed by atoms with Crippen molar-refractivity contribution in [3.05, 3.63) is 39.4 Å². The second kappa shape index (κ2) is 6.97. The molecule has 0 aliphatic carbocycles. The van der Waals surface area contributed by atoms with Crippen molar-refractivity contribution < 1.29 is 19.6 Å². The predicted octanol–water partition coefficient (Wildman–Crippen LogP) is 0.983. The highest BCUT2D eigenvalue weighted by molar-refractivity contribution is 5.96. The van der Waals surface area contributed by atoms with E-state index in [-0.39, 0.29) is 30.3 Å². The number of benzene rings is 1. The maximum absolute atomic E-state index is 12.2. The van der Waals surface area contributed by atoms with Crippen LogP contribution in [0.2, 0.25) is 0 Å². The number of nitrogens with zero attached hydrogens (tertiary/aromatic N) is 2. The van der Waals surface area contributed by atoms with Crippen LogP contribution < -0.4 is 0 Å². The molecule has 0 saturated carbocycles. The molecule has 0 saturated heterocycles. The molecule has 0 aliphatic heterocycles. The van der Waals surface area contributed by atoms with Gasteiger partial charge in [0.1, 0.15) is 0 Å². The molecule has 1 unspecified atom stereocenters. The van der Waals surface area contributed by atoms with Crippen LogP contribution >= 0.6 is 0 Å². The number of nitro groups is 1. The Bertz CT molecular complexity index is 504. The number of aliphatic hydroxyl groups excluding tert-OH is 1. The number of rotatable bonds is 6. The Labute approximate surface area is 116 Å². The number of hydrogen-bond acceptors (Lipinski definition) is 5. The third-order valence-corrected chi connectivity index (χ3v) is 2.92. The summed E-state index contributed by atoms with van der Waals surface area (Å²) in [6.07, 6.45) is -0.798. The maximum atomic E-state index is 12.2. The van der Waals surface area contributed by atoms with Crippen LogP contribution in [-0.2, 0) is 4.74 Å². The lowest BCUT2D eigenvalue weighted by Crippen LogP contribution is -2.36. The normalized spacial score (nSPS) is 12.0. The van der Waals surface area contributed by atoms with Crippen molar-refractivity contribution in [3.8, 4) is 0 Å². The van der Waals surface area contributed by atoms with Gasteiger partial charge in [-0.25, -0.2) is 0 Å². The van der Waals surface area contributed by atoms with Gasteiger partial charge >= 0.3 is 0 Å². The second-order valence-corrected chi connectivity index (χ2v) is 4.50. The zero-order valence-electron chi connectivity index (χ0n) is 11.7. The summed E-state index contributed by atoms with van der Waals surface area (Å²) in [5.74, 6) is -0.374. The molecule has 110 valence electrons. The third-order valence-electron chi connectivity index (χ3n) is 2.92. The molecule has 1 amide bonds. The fourth-order valence-electron chi connectivity index (χ4n) is 1.90. The summed E-state index contributed by atoms with van der Waals surface area (Å²) in [5, 5.41) is 20.5. The van der Waals surface area contributed by atoms with Gasteiger partial charge in [0.2, 0.25) is 0 Å².